The zero-order valence-electron chi connectivity index (χ0n) is 23.0. The lowest BCUT2D eigenvalue weighted by atomic mass is 9.97. The van der Waals surface area contributed by atoms with Crippen molar-refractivity contribution in [1.82, 2.24) is 24.2 Å². The molecule has 2 aliphatic rings. The quantitative estimate of drug-likeness (QED) is 0.332. The highest BCUT2D eigenvalue weighted by Gasteiger charge is 2.31. The topological polar surface area (TPSA) is 76.6 Å². The average Bonchev–Trinajstić information content (AvgIpc) is 3.62. The van der Waals surface area contributed by atoms with Crippen LogP contribution >= 0.6 is 0 Å². The molecule has 4 aromatic rings. The molecule has 0 aliphatic carbocycles. The lowest BCUT2D eigenvalue weighted by Crippen LogP contribution is -2.36. The van der Waals surface area contributed by atoms with Gasteiger partial charge < -0.3 is 19.3 Å². The number of carbonyl (C=O) groups is 1. The van der Waals surface area contributed by atoms with Gasteiger partial charge in [0.25, 0.3) is 5.91 Å². The molecule has 1 fully saturated rings. The van der Waals surface area contributed by atoms with E-state index < -0.39 is 6.10 Å². The lowest BCUT2D eigenvalue weighted by Gasteiger charge is -2.29. The van der Waals surface area contributed by atoms with Crippen LogP contribution < -0.4 is 9.47 Å². The fraction of sp³-hybridized carbons (Fsp3) is 0.355. The Balaban J connectivity index is 1.43. The van der Waals surface area contributed by atoms with Gasteiger partial charge in [-0.05, 0) is 55.3 Å². The van der Waals surface area contributed by atoms with Gasteiger partial charge in [-0.1, -0.05) is 30.3 Å². The Hall–Kier alpha value is -4.42. The van der Waals surface area contributed by atoms with E-state index in [9.17, 15) is 4.79 Å². The number of amides is 1. The molecule has 2 atom stereocenters. The molecule has 9 heteroatoms. The van der Waals surface area contributed by atoms with E-state index in [1.165, 1.54) is 6.42 Å². The van der Waals surface area contributed by atoms with Gasteiger partial charge in [0.2, 0.25) is 0 Å². The molecule has 0 saturated carbocycles. The Bertz CT molecular complexity index is 1600. The Labute approximate surface area is 233 Å². The van der Waals surface area contributed by atoms with Crippen LogP contribution in [0.4, 0.5) is 5.69 Å². The van der Waals surface area contributed by atoms with Crippen molar-refractivity contribution in [3.8, 4) is 34.1 Å². The van der Waals surface area contributed by atoms with Crippen LogP contribution in [-0.2, 0) is 11.2 Å². The van der Waals surface area contributed by atoms with Crippen LogP contribution in [-0.4, -0.2) is 77.0 Å². The Morgan fingerprint density at radius 3 is 2.75 bits per heavy atom. The molecule has 6 rings (SSSR count). The van der Waals surface area contributed by atoms with Gasteiger partial charge in [0.05, 0.1) is 24.4 Å². The Morgan fingerprint density at radius 2 is 2.00 bits per heavy atom. The fourth-order valence-corrected chi connectivity index (χ4v) is 5.66. The summed E-state index contributed by atoms with van der Waals surface area (Å²) in [5.41, 5.74) is 5.65. The standard InChI is InChI=1S/C31H32N6O3/c1-32-24-10-7-21(8-11-24)28-27(22-9-12-25-23(16-22)17-26(40-25)30(38)35(2)3)29-33-13-15-37(29)31(34-28)39-19-20-6-5-14-36(4)18-20/h7-13,15-16,20,26H,5-6,14,17-19H2,2-4H3/t20-,26?/m1/s1. The number of imidazole rings is 1. The number of nitrogens with zero attached hydrogens (tertiary/aromatic N) is 6. The van der Waals surface area contributed by atoms with Crippen molar-refractivity contribution < 1.29 is 14.3 Å². The van der Waals surface area contributed by atoms with E-state index in [0.717, 1.165) is 58.9 Å². The van der Waals surface area contributed by atoms with E-state index in [4.69, 9.17) is 26.0 Å². The van der Waals surface area contributed by atoms with Crippen molar-refractivity contribution in [2.45, 2.75) is 25.4 Å². The number of hydrogen-bond acceptors (Lipinski definition) is 6. The number of carbonyl (C=O) groups excluding carboxylic acids is 1. The zero-order chi connectivity index (χ0) is 27.8. The summed E-state index contributed by atoms with van der Waals surface area (Å²) in [4.78, 5) is 29.8. The predicted molar refractivity (Wildman–Crippen MR) is 153 cm³/mol. The third-order valence-electron chi connectivity index (χ3n) is 7.69. The first-order valence-electron chi connectivity index (χ1n) is 13.6. The van der Waals surface area contributed by atoms with E-state index in [2.05, 4.69) is 22.9 Å². The molecule has 1 unspecified atom stereocenters. The number of aromatic nitrogens is 3. The van der Waals surface area contributed by atoms with E-state index in [1.807, 2.05) is 34.9 Å². The minimum absolute atomic E-state index is 0.0543. The van der Waals surface area contributed by atoms with E-state index in [-0.39, 0.29) is 5.91 Å². The monoisotopic (exact) mass is 536 g/mol. The van der Waals surface area contributed by atoms with E-state index in [1.54, 1.807) is 37.3 Å². The van der Waals surface area contributed by atoms with Gasteiger partial charge in [0.1, 0.15) is 5.75 Å². The van der Waals surface area contributed by atoms with Gasteiger partial charge in [-0.3, -0.25) is 9.20 Å². The summed E-state index contributed by atoms with van der Waals surface area (Å²) in [5.74, 6) is 1.10. The van der Waals surface area contributed by atoms with Crippen LogP contribution in [0, 0.1) is 12.5 Å². The summed E-state index contributed by atoms with van der Waals surface area (Å²) in [6, 6.07) is 13.9. The molecule has 204 valence electrons. The van der Waals surface area contributed by atoms with Crippen LogP contribution in [0.3, 0.4) is 0 Å². The first-order valence-corrected chi connectivity index (χ1v) is 13.6. The predicted octanol–water partition coefficient (Wildman–Crippen LogP) is 4.73. The molecule has 0 spiro atoms. The number of rotatable bonds is 6. The largest absolute Gasteiger partial charge is 0.480 e. The molecule has 9 nitrogen and oxygen atoms in total. The maximum Gasteiger partial charge on any atom is 0.302 e. The summed E-state index contributed by atoms with van der Waals surface area (Å²) in [5, 5.41) is 0. The summed E-state index contributed by atoms with van der Waals surface area (Å²) in [7, 11) is 5.63. The molecule has 2 aromatic heterocycles. The number of likely N-dealkylation sites (N-methyl/N-ethyl adjacent to an activating group) is 1. The molecule has 0 bridgehead atoms. The van der Waals surface area contributed by atoms with Crippen molar-refractivity contribution in [3.05, 3.63) is 71.8 Å². The molecular formula is C31H32N6O3. The zero-order valence-corrected chi connectivity index (χ0v) is 23.0. The van der Waals surface area contributed by atoms with Gasteiger partial charge >= 0.3 is 6.01 Å². The molecule has 2 aliphatic heterocycles. The molecule has 2 aromatic carbocycles. The maximum absolute atomic E-state index is 12.6. The number of likely N-dealkylation sites (tertiary alicyclic amines) is 1. The van der Waals surface area contributed by atoms with Crippen LogP contribution in [0.2, 0.25) is 0 Å². The molecule has 40 heavy (non-hydrogen) atoms. The first-order chi connectivity index (χ1) is 19.4. The number of fused-ring (bicyclic) bond motifs is 2. The molecular weight excluding hydrogens is 504 g/mol. The number of benzene rings is 2. The van der Waals surface area contributed by atoms with Gasteiger partial charge in [-0.2, -0.15) is 4.98 Å². The van der Waals surface area contributed by atoms with Crippen molar-refractivity contribution in [3.63, 3.8) is 0 Å². The summed E-state index contributed by atoms with van der Waals surface area (Å²) < 4.78 is 14.2. The third-order valence-corrected chi connectivity index (χ3v) is 7.69. The summed E-state index contributed by atoms with van der Waals surface area (Å²) in [6.07, 6.45) is 5.91. The molecule has 0 radical (unpaired) electrons. The second-order valence-corrected chi connectivity index (χ2v) is 10.8. The highest BCUT2D eigenvalue weighted by Crippen LogP contribution is 2.40. The first kappa shape index (κ1) is 25.8. The second-order valence-electron chi connectivity index (χ2n) is 10.8. The minimum Gasteiger partial charge on any atom is -0.480 e. The van der Waals surface area contributed by atoms with Crippen molar-refractivity contribution in [2.24, 2.45) is 5.92 Å². The second kappa shape index (κ2) is 10.6. The smallest absolute Gasteiger partial charge is 0.302 e. The fourth-order valence-electron chi connectivity index (χ4n) is 5.66. The van der Waals surface area contributed by atoms with Gasteiger partial charge in [0, 0.05) is 45.4 Å². The number of piperidine rings is 1. The minimum atomic E-state index is -0.528. The van der Waals surface area contributed by atoms with Crippen molar-refractivity contribution in [1.29, 1.82) is 0 Å². The Kier molecular flexibility index (Phi) is 6.86. The average molecular weight is 537 g/mol. The van der Waals surface area contributed by atoms with Gasteiger partial charge in [-0.15, -0.1) is 0 Å². The summed E-state index contributed by atoms with van der Waals surface area (Å²) >= 11 is 0. The van der Waals surface area contributed by atoms with E-state index >= 15 is 0 Å². The molecule has 0 N–H and O–H groups in total. The normalized spacial score (nSPS) is 18.6. The van der Waals surface area contributed by atoms with Crippen molar-refractivity contribution >= 4 is 17.2 Å². The molecule has 1 saturated heterocycles. The van der Waals surface area contributed by atoms with E-state index in [0.29, 0.717) is 30.6 Å². The van der Waals surface area contributed by atoms with Gasteiger partial charge in [0.15, 0.2) is 17.4 Å². The van der Waals surface area contributed by atoms with Gasteiger partial charge in [-0.25, -0.2) is 9.83 Å². The van der Waals surface area contributed by atoms with Crippen LogP contribution in [0.5, 0.6) is 11.8 Å². The SMILES string of the molecule is [C-]#[N+]c1ccc(-c2nc(OC[C@@H]3CCCN(C)C3)n3ccnc3c2-c2ccc3c(c2)CC(C(=O)N(C)C)O3)cc1. The lowest BCUT2D eigenvalue weighted by molar-refractivity contribution is -0.135. The highest BCUT2D eigenvalue weighted by molar-refractivity contribution is 5.91. The highest BCUT2D eigenvalue weighted by atomic mass is 16.5. The number of ether oxygens (including phenoxy) is 2. The summed E-state index contributed by atoms with van der Waals surface area (Å²) in [6.45, 7) is 10.1. The Morgan fingerprint density at radius 1 is 1.20 bits per heavy atom. The maximum atomic E-state index is 12.6. The van der Waals surface area contributed by atoms with Crippen molar-refractivity contribution in [2.75, 3.05) is 40.8 Å². The molecule has 4 heterocycles. The van der Waals surface area contributed by atoms with Crippen LogP contribution in [0.1, 0.15) is 18.4 Å². The third kappa shape index (κ3) is 4.87. The van der Waals surface area contributed by atoms with Crippen LogP contribution in [0.15, 0.2) is 54.9 Å². The van der Waals surface area contributed by atoms with Crippen LogP contribution in [0.25, 0.3) is 32.9 Å². The number of hydrogen-bond donors (Lipinski definition) is 0. The molecule has 1 amide bonds.